The second-order valence-corrected chi connectivity index (χ2v) is 5.11. The summed E-state index contributed by atoms with van der Waals surface area (Å²) in [7, 11) is 0. The van der Waals surface area contributed by atoms with Gasteiger partial charge in [-0.15, -0.1) is 10.2 Å². The van der Waals surface area contributed by atoms with Crippen LogP contribution in [0.15, 0.2) is 34.1 Å². The van der Waals surface area contributed by atoms with Gasteiger partial charge in [-0.2, -0.15) is 0 Å². The van der Waals surface area contributed by atoms with Gasteiger partial charge in [0.15, 0.2) is 4.34 Å². The van der Waals surface area contributed by atoms with E-state index in [9.17, 15) is 4.79 Å². The topological polar surface area (TPSA) is 68.9 Å². The molecule has 1 aromatic heterocycles. The summed E-state index contributed by atoms with van der Waals surface area (Å²) in [6.45, 7) is 0. The third-order valence-electron chi connectivity index (χ3n) is 1.91. The third kappa shape index (κ3) is 2.80. The molecule has 0 spiro atoms. The van der Waals surface area contributed by atoms with E-state index >= 15 is 0 Å². The van der Waals surface area contributed by atoms with Gasteiger partial charge in [-0.3, -0.25) is 4.79 Å². The highest BCUT2D eigenvalue weighted by Gasteiger charge is 2.03. The van der Waals surface area contributed by atoms with Gasteiger partial charge in [0.05, 0.1) is 0 Å². The maximum Gasteiger partial charge on any atom is 0.248 e. The Morgan fingerprint density at radius 1 is 1.50 bits per heavy atom. The number of carbonyl (C=O) groups excluding carboxylic acids is 1. The smallest absolute Gasteiger partial charge is 0.248 e. The lowest BCUT2D eigenvalue weighted by Crippen LogP contribution is -2.10. The number of hydrogen-bond donors (Lipinski definition) is 1. The van der Waals surface area contributed by atoms with Crippen LogP contribution in [-0.4, -0.2) is 16.1 Å². The highest BCUT2D eigenvalue weighted by molar-refractivity contribution is 8.00. The fourth-order valence-corrected chi connectivity index (χ4v) is 2.62. The summed E-state index contributed by atoms with van der Waals surface area (Å²) in [4.78, 5) is 11.0. The Bertz CT molecular complexity index is 485. The maximum atomic E-state index is 11.0. The van der Waals surface area contributed by atoms with E-state index in [0.29, 0.717) is 5.56 Å². The number of benzene rings is 1. The molecule has 0 radical (unpaired) electrons. The average Bonchev–Trinajstić information content (AvgIpc) is 2.79. The van der Waals surface area contributed by atoms with Crippen LogP contribution in [0.25, 0.3) is 0 Å². The van der Waals surface area contributed by atoms with Crippen LogP contribution in [0.3, 0.4) is 0 Å². The van der Waals surface area contributed by atoms with E-state index in [4.69, 9.17) is 5.73 Å². The zero-order valence-electron chi connectivity index (χ0n) is 8.29. The van der Waals surface area contributed by atoms with Crippen LogP contribution in [0, 0.1) is 0 Å². The van der Waals surface area contributed by atoms with Gasteiger partial charge in [0, 0.05) is 11.3 Å². The number of rotatable bonds is 4. The van der Waals surface area contributed by atoms with Crippen molar-refractivity contribution in [2.45, 2.75) is 10.1 Å². The van der Waals surface area contributed by atoms with E-state index in [1.165, 1.54) is 11.3 Å². The molecule has 1 heterocycles. The number of amides is 1. The van der Waals surface area contributed by atoms with Crippen molar-refractivity contribution < 1.29 is 4.79 Å². The molecule has 1 aromatic carbocycles. The Morgan fingerprint density at radius 2 is 2.38 bits per heavy atom. The largest absolute Gasteiger partial charge is 0.366 e. The zero-order valence-corrected chi connectivity index (χ0v) is 9.92. The maximum absolute atomic E-state index is 11.0. The summed E-state index contributed by atoms with van der Waals surface area (Å²) in [6.07, 6.45) is 0. The van der Waals surface area contributed by atoms with Crippen molar-refractivity contribution in [1.29, 1.82) is 0 Å². The standard InChI is InChI=1S/C10H9N3OS2/c11-9(14)8-3-1-2-7(4-8)5-15-10-13-12-6-16-10/h1-4,6H,5H2,(H2,11,14). The Morgan fingerprint density at radius 3 is 3.06 bits per heavy atom. The van der Waals surface area contributed by atoms with Gasteiger partial charge >= 0.3 is 0 Å². The SMILES string of the molecule is NC(=O)c1cccc(CSc2nncs2)c1. The van der Waals surface area contributed by atoms with Crippen LogP contribution in [0.1, 0.15) is 15.9 Å². The molecule has 0 fully saturated rings. The lowest BCUT2D eigenvalue weighted by molar-refractivity contribution is 0.1000. The van der Waals surface area contributed by atoms with Crippen molar-refractivity contribution in [3.05, 3.63) is 40.9 Å². The molecule has 0 saturated carbocycles. The molecular weight excluding hydrogens is 242 g/mol. The van der Waals surface area contributed by atoms with Crippen molar-refractivity contribution >= 4 is 29.0 Å². The van der Waals surface area contributed by atoms with Crippen LogP contribution in [0.5, 0.6) is 0 Å². The van der Waals surface area contributed by atoms with Crippen molar-refractivity contribution in [3.8, 4) is 0 Å². The highest BCUT2D eigenvalue weighted by Crippen LogP contribution is 2.23. The summed E-state index contributed by atoms with van der Waals surface area (Å²) in [5, 5.41) is 7.68. The van der Waals surface area contributed by atoms with Gasteiger partial charge in [-0.1, -0.05) is 35.2 Å². The molecule has 2 rings (SSSR count). The molecule has 0 unspecified atom stereocenters. The number of carbonyl (C=O) groups is 1. The van der Waals surface area contributed by atoms with E-state index in [0.717, 1.165) is 15.7 Å². The molecule has 82 valence electrons. The molecule has 6 heteroatoms. The van der Waals surface area contributed by atoms with Crippen LogP contribution in [0.2, 0.25) is 0 Å². The summed E-state index contributed by atoms with van der Waals surface area (Å²) in [5.41, 5.74) is 8.49. The third-order valence-corrected chi connectivity index (χ3v) is 3.85. The zero-order chi connectivity index (χ0) is 11.4. The molecule has 0 bridgehead atoms. The molecule has 2 N–H and O–H groups in total. The lowest BCUT2D eigenvalue weighted by Gasteiger charge is -2.00. The van der Waals surface area contributed by atoms with Gasteiger partial charge in [-0.25, -0.2) is 0 Å². The molecule has 1 amide bonds. The van der Waals surface area contributed by atoms with Gasteiger partial charge in [0.25, 0.3) is 0 Å². The Labute approximate surface area is 101 Å². The Hall–Kier alpha value is -1.40. The van der Waals surface area contributed by atoms with Crippen molar-refractivity contribution in [1.82, 2.24) is 10.2 Å². The summed E-state index contributed by atoms with van der Waals surface area (Å²) < 4.78 is 0.921. The van der Waals surface area contributed by atoms with Crippen LogP contribution in [0.4, 0.5) is 0 Å². The monoisotopic (exact) mass is 251 g/mol. The number of primary amides is 1. The number of nitrogens with zero attached hydrogens (tertiary/aromatic N) is 2. The fourth-order valence-electron chi connectivity index (χ4n) is 1.19. The lowest BCUT2D eigenvalue weighted by atomic mass is 10.1. The van der Waals surface area contributed by atoms with Crippen molar-refractivity contribution in [2.24, 2.45) is 5.73 Å². The summed E-state index contributed by atoms with van der Waals surface area (Å²) in [5.74, 6) is 0.360. The minimum atomic E-state index is -0.400. The van der Waals surface area contributed by atoms with Gasteiger partial charge < -0.3 is 5.73 Å². The first-order chi connectivity index (χ1) is 7.75. The molecule has 0 aliphatic heterocycles. The summed E-state index contributed by atoms with van der Waals surface area (Å²) in [6, 6.07) is 7.30. The van der Waals surface area contributed by atoms with E-state index in [1.807, 2.05) is 12.1 Å². The number of aromatic nitrogens is 2. The minimum absolute atomic E-state index is 0.400. The molecule has 0 aliphatic carbocycles. The molecular formula is C10H9N3OS2. The number of hydrogen-bond acceptors (Lipinski definition) is 5. The predicted molar refractivity (Wildman–Crippen MR) is 64.4 cm³/mol. The van der Waals surface area contributed by atoms with Crippen molar-refractivity contribution in [2.75, 3.05) is 0 Å². The molecule has 16 heavy (non-hydrogen) atoms. The Kier molecular flexibility index (Phi) is 3.53. The van der Waals surface area contributed by atoms with E-state index in [1.54, 1.807) is 29.4 Å². The normalized spacial score (nSPS) is 10.2. The molecule has 2 aromatic rings. The van der Waals surface area contributed by atoms with Crippen molar-refractivity contribution in [3.63, 3.8) is 0 Å². The first-order valence-corrected chi connectivity index (χ1v) is 6.40. The first-order valence-electron chi connectivity index (χ1n) is 4.53. The van der Waals surface area contributed by atoms with E-state index in [2.05, 4.69) is 10.2 Å². The Balaban J connectivity index is 2.04. The number of nitrogens with two attached hydrogens (primary N) is 1. The van der Waals surface area contributed by atoms with Gasteiger partial charge in [0.1, 0.15) is 5.51 Å². The number of thioether (sulfide) groups is 1. The second-order valence-electron chi connectivity index (χ2n) is 3.06. The van der Waals surface area contributed by atoms with Crippen LogP contribution < -0.4 is 5.73 Å². The van der Waals surface area contributed by atoms with E-state index < -0.39 is 5.91 Å². The van der Waals surface area contributed by atoms with Crippen LogP contribution in [-0.2, 0) is 5.75 Å². The first kappa shape index (κ1) is 11.1. The highest BCUT2D eigenvalue weighted by atomic mass is 32.2. The molecule has 4 nitrogen and oxygen atoms in total. The fraction of sp³-hybridized carbons (Fsp3) is 0.100. The molecule has 0 atom stereocenters. The van der Waals surface area contributed by atoms with Gasteiger partial charge in [0.2, 0.25) is 5.91 Å². The molecule has 0 saturated heterocycles. The molecule has 0 aliphatic rings. The predicted octanol–water partition coefficient (Wildman–Crippen LogP) is 1.93. The van der Waals surface area contributed by atoms with Crippen LogP contribution >= 0.6 is 23.1 Å². The quantitative estimate of drug-likeness (QED) is 0.843. The second kappa shape index (κ2) is 5.09. The van der Waals surface area contributed by atoms with E-state index in [-0.39, 0.29) is 0 Å². The average molecular weight is 251 g/mol. The van der Waals surface area contributed by atoms with Gasteiger partial charge in [-0.05, 0) is 17.7 Å². The summed E-state index contributed by atoms with van der Waals surface area (Å²) >= 11 is 3.10. The minimum Gasteiger partial charge on any atom is -0.366 e.